The molecule has 23 heavy (non-hydrogen) atoms. The van der Waals surface area contributed by atoms with Gasteiger partial charge in [0.15, 0.2) is 0 Å². The van der Waals surface area contributed by atoms with Crippen molar-refractivity contribution in [2.75, 3.05) is 7.11 Å². The van der Waals surface area contributed by atoms with E-state index in [0.717, 1.165) is 23.3 Å². The fourth-order valence-corrected chi connectivity index (χ4v) is 2.37. The minimum absolute atomic E-state index is 0.0418. The van der Waals surface area contributed by atoms with Crippen molar-refractivity contribution in [1.29, 1.82) is 0 Å². The molecule has 0 spiro atoms. The van der Waals surface area contributed by atoms with Crippen LogP contribution in [0.15, 0.2) is 48.5 Å². The van der Waals surface area contributed by atoms with Crippen LogP contribution in [-0.2, 0) is 13.0 Å². The first-order valence-corrected chi connectivity index (χ1v) is 7.79. The highest BCUT2D eigenvalue weighted by molar-refractivity contribution is 5.74. The summed E-state index contributed by atoms with van der Waals surface area (Å²) in [5.41, 5.74) is 3.44. The summed E-state index contributed by atoms with van der Waals surface area (Å²) in [5.74, 6) is 0.832. The molecule has 4 heteroatoms. The molecule has 0 saturated heterocycles. The Morgan fingerprint density at radius 2 is 1.87 bits per heavy atom. The maximum Gasteiger partial charge on any atom is 0.315 e. The van der Waals surface area contributed by atoms with E-state index in [0.29, 0.717) is 6.54 Å². The zero-order chi connectivity index (χ0) is 16.7. The smallest absolute Gasteiger partial charge is 0.315 e. The third-order valence-electron chi connectivity index (χ3n) is 3.63. The number of hydrogen-bond donors (Lipinski definition) is 2. The normalized spacial score (nSPS) is 11.6. The molecule has 0 saturated carbocycles. The van der Waals surface area contributed by atoms with Gasteiger partial charge in [0.1, 0.15) is 5.75 Å². The molecule has 0 aromatic heterocycles. The van der Waals surface area contributed by atoms with Crippen LogP contribution in [0, 0.1) is 6.92 Å². The number of carbonyl (C=O) groups excluding carboxylic acids is 1. The van der Waals surface area contributed by atoms with Crippen molar-refractivity contribution < 1.29 is 9.53 Å². The first kappa shape index (κ1) is 16.9. The lowest BCUT2D eigenvalue weighted by Gasteiger charge is -2.15. The first-order chi connectivity index (χ1) is 11.1. The van der Waals surface area contributed by atoms with E-state index in [9.17, 15) is 4.79 Å². The van der Waals surface area contributed by atoms with Crippen molar-refractivity contribution >= 4 is 6.03 Å². The molecule has 0 fully saturated rings. The topological polar surface area (TPSA) is 50.4 Å². The van der Waals surface area contributed by atoms with Crippen LogP contribution < -0.4 is 15.4 Å². The van der Waals surface area contributed by atoms with Gasteiger partial charge in [-0.25, -0.2) is 4.79 Å². The van der Waals surface area contributed by atoms with Crippen molar-refractivity contribution in [3.63, 3.8) is 0 Å². The van der Waals surface area contributed by atoms with E-state index in [4.69, 9.17) is 4.74 Å². The number of benzene rings is 2. The average molecular weight is 312 g/mol. The fourth-order valence-electron chi connectivity index (χ4n) is 2.37. The van der Waals surface area contributed by atoms with Crippen LogP contribution in [0.3, 0.4) is 0 Å². The second-order valence-corrected chi connectivity index (χ2v) is 5.77. The molecule has 0 bridgehead atoms. The lowest BCUT2D eigenvalue weighted by molar-refractivity contribution is 0.237. The maximum absolute atomic E-state index is 12.0. The minimum Gasteiger partial charge on any atom is -0.497 e. The van der Waals surface area contributed by atoms with E-state index in [2.05, 4.69) is 10.6 Å². The van der Waals surface area contributed by atoms with E-state index >= 15 is 0 Å². The molecule has 0 aliphatic carbocycles. The van der Waals surface area contributed by atoms with Gasteiger partial charge in [-0.2, -0.15) is 0 Å². The number of ether oxygens (including phenoxy) is 1. The van der Waals surface area contributed by atoms with Crippen molar-refractivity contribution in [3.8, 4) is 5.75 Å². The lowest BCUT2D eigenvalue weighted by Crippen LogP contribution is -2.41. The van der Waals surface area contributed by atoms with Crippen LogP contribution in [0.25, 0.3) is 0 Å². The van der Waals surface area contributed by atoms with Crippen LogP contribution >= 0.6 is 0 Å². The molecule has 122 valence electrons. The third-order valence-corrected chi connectivity index (χ3v) is 3.63. The molecule has 2 aromatic rings. The number of rotatable bonds is 6. The van der Waals surface area contributed by atoms with Gasteiger partial charge in [-0.05, 0) is 43.5 Å². The molecule has 2 N–H and O–H groups in total. The number of amides is 2. The van der Waals surface area contributed by atoms with Crippen LogP contribution in [0.1, 0.15) is 23.6 Å². The largest absolute Gasteiger partial charge is 0.497 e. The standard InChI is InChI=1S/C19H24N2O2/c1-14-7-9-16(10-8-14)13-20-19(22)21-15(2)11-17-5-4-6-18(12-17)23-3/h4-10,12,15H,11,13H2,1-3H3,(H2,20,21,22). The fraction of sp³-hybridized carbons (Fsp3) is 0.316. The summed E-state index contributed by atoms with van der Waals surface area (Å²) in [6.07, 6.45) is 0.759. The van der Waals surface area contributed by atoms with E-state index in [1.54, 1.807) is 7.11 Å². The van der Waals surface area contributed by atoms with Crippen molar-refractivity contribution in [1.82, 2.24) is 10.6 Å². The predicted octanol–water partition coefficient (Wildman–Crippen LogP) is 3.43. The lowest BCUT2D eigenvalue weighted by atomic mass is 10.1. The summed E-state index contributed by atoms with van der Waals surface area (Å²) in [5, 5.41) is 5.84. The van der Waals surface area contributed by atoms with E-state index in [1.165, 1.54) is 5.56 Å². The monoisotopic (exact) mass is 312 g/mol. The van der Waals surface area contributed by atoms with Gasteiger partial charge < -0.3 is 15.4 Å². The predicted molar refractivity (Wildman–Crippen MR) is 92.7 cm³/mol. The molecule has 2 amide bonds. The molecular weight excluding hydrogens is 288 g/mol. The zero-order valence-corrected chi connectivity index (χ0v) is 13.9. The van der Waals surface area contributed by atoms with Gasteiger partial charge in [0.25, 0.3) is 0 Å². The summed E-state index contributed by atoms with van der Waals surface area (Å²) in [7, 11) is 1.65. The Kier molecular flexibility index (Phi) is 6.03. The molecular formula is C19H24N2O2. The van der Waals surface area contributed by atoms with E-state index in [1.807, 2.05) is 62.4 Å². The molecule has 1 unspecified atom stereocenters. The number of urea groups is 1. The number of aryl methyl sites for hydroxylation is 1. The summed E-state index contributed by atoms with van der Waals surface area (Å²) in [6, 6.07) is 15.9. The minimum atomic E-state index is -0.152. The van der Waals surface area contributed by atoms with Crippen molar-refractivity contribution in [3.05, 3.63) is 65.2 Å². The Morgan fingerprint density at radius 1 is 1.13 bits per heavy atom. The summed E-state index contributed by atoms with van der Waals surface area (Å²) in [6.45, 7) is 4.56. The van der Waals surface area contributed by atoms with Crippen molar-refractivity contribution in [2.45, 2.75) is 32.9 Å². The Morgan fingerprint density at radius 3 is 2.57 bits per heavy atom. The van der Waals surface area contributed by atoms with Gasteiger partial charge in [0.05, 0.1) is 7.11 Å². The van der Waals surface area contributed by atoms with Gasteiger partial charge in [-0.15, -0.1) is 0 Å². The summed E-state index contributed by atoms with van der Waals surface area (Å²) in [4.78, 5) is 12.0. The Hall–Kier alpha value is -2.49. The molecule has 2 aromatic carbocycles. The Labute approximate surface area is 137 Å². The number of hydrogen-bond acceptors (Lipinski definition) is 2. The van der Waals surface area contributed by atoms with Crippen LogP contribution in [0.2, 0.25) is 0 Å². The highest BCUT2D eigenvalue weighted by Crippen LogP contribution is 2.13. The SMILES string of the molecule is COc1cccc(CC(C)NC(=O)NCc2ccc(C)cc2)c1. The summed E-state index contributed by atoms with van der Waals surface area (Å²) >= 11 is 0. The maximum atomic E-state index is 12.0. The average Bonchev–Trinajstić information content (AvgIpc) is 2.54. The van der Waals surface area contributed by atoms with E-state index in [-0.39, 0.29) is 12.1 Å². The molecule has 0 heterocycles. The highest BCUT2D eigenvalue weighted by atomic mass is 16.5. The molecule has 4 nitrogen and oxygen atoms in total. The Bertz CT molecular complexity index is 638. The van der Waals surface area contributed by atoms with E-state index < -0.39 is 0 Å². The molecule has 0 aliphatic heterocycles. The van der Waals surface area contributed by atoms with Gasteiger partial charge in [0, 0.05) is 12.6 Å². The van der Waals surface area contributed by atoms with Gasteiger partial charge in [-0.1, -0.05) is 42.0 Å². The number of nitrogens with one attached hydrogen (secondary N) is 2. The Balaban J connectivity index is 1.78. The van der Waals surface area contributed by atoms with Crippen LogP contribution in [0.5, 0.6) is 5.75 Å². The second-order valence-electron chi connectivity index (χ2n) is 5.77. The van der Waals surface area contributed by atoms with Gasteiger partial charge >= 0.3 is 6.03 Å². The molecule has 2 rings (SSSR count). The molecule has 1 atom stereocenters. The van der Waals surface area contributed by atoms with Gasteiger partial charge in [-0.3, -0.25) is 0 Å². The third kappa shape index (κ3) is 5.66. The first-order valence-electron chi connectivity index (χ1n) is 7.79. The number of carbonyl (C=O) groups is 1. The highest BCUT2D eigenvalue weighted by Gasteiger charge is 2.08. The van der Waals surface area contributed by atoms with Crippen molar-refractivity contribution in [2.24, 2.45) is 0 Å². The van der Waals surface area contributed by atoms with Gasteiger partial charge in [0.2, 0.25) is 0 Å². The molecule has 0 radical (unpaired) electrons. The zero-order valence-electron chi connectivity index (χ0n) is 13.9. The quantitative estimate of drug-likeness (QED) is 0.858. The number of methoxy groups -OCH3 is 1. The molecule has 0 aliphatic rings. The second kappa shape index (κ2) is 8.22. The van der Waals surface area contributed by atoms with Crippen LogP contribution in [-0.4, -0.2) is 19.2 Å². The summed E-state index contributed by atoms with van der Waals surface area (Å²) < 4.78 is 5.21. The van der Waals surface area contributed by atoms with Crippen LogP contribution in [0.4, 0.5) is 4.79 Å².